The van der Waals surface area contributed by atoms with Crippen LogP contribution in [0.2, 0.25) is 0 Å². The summed E-state index contributed by atoms with van der Waals surface area (Å²) in [6.45, 7) is 1.03. The van der Waals surface area contributed by atoms with E-state index in [1.165, 1.54) is 6.08 Å². The van der Waals surface area contributed by atoms with E-state index in [-0.39, 0.29) is 29.6 Å². The normalized spacial score (nSPS) is 21.5. The van der Waals surface area contributed by atoms with Crippen molar-refractivity contribution in [2.24, 2.45) is 5.92 Å². The molecule has 3 aromatic rings. The first kappa shape index (κ1) is 26.1. The van der Waals surface area contributed by atoms with E-state index < -0.39 is 48.6 Å². The Morgan fingerprint density at radius 2 is 1.68 bits per heavy atom. The molecule has 1 unspecified atom stereocenters. The van der Waals surface area contributed by atoms with Gasteiger partial charge in [-0.1, -0.05) is 72.8 Å². The zero-order valence-electron chi connectivity index (χ0n) is 18.9. The average molecular weight is 473 g/mol. The van der Waals surface area contributed by atoms with Crippen molar-refractivity contribution >= 4 is 5.97 Å². The molecular weight excluding hydrogens is 449 g/mol. The molecule has 1 aliphatic heterocycles. The van der Waals surface area contributed by atoms with Crippen molar-refractivity contribution in [3.8, 4) is 22.5 Å². The Balaban J connectivity index is 0.00000324. The number of aliphatic hydroxyl groups excluding tert-OH is 3. The molecule has 172 valence electrons. The van der Waals surface area contributed by atoms with E-state index in [0.717, 1.165) is 11.1 Å². The van der Waals surface area contributed by atoms with Gasteiger partial charge in [-0.25, -0.2) is 4.68 Å². The summed E-state index contributed by atoms with van der Waals surface area (Å²) in [6, 6.07) is 18.2. The number of allylic oxidation sites excluding steroid dienone is 1. The number of rotatable bonds is 7. The minimum absolute atomic E-state index is 0. The summed E-state index contributed by atoms with van der Waals surface area (Å²) < 4.78 is 7.05. The van der Waals surface area contributed by atoms with Crippen LogP contribution in [0.3, 0.4) is 0 Å². The number of nitrogens with zero attached hydrogens (tertiary/aromatic N) is 3. The Morgan fingerprint density at radius 3 is 2.24 bits per heavy atom. The maximum absolute atomic E-state index is 11.7. The molecule has 3 N–H and O–H groups in total. The molecule has 2 aromatic carbocycles. The monoisotopic (exact) mass is 473 g/mol. The van der Waals surface area contributed by atoms with Crippen molar-refractivity contribution in [2.75, 3.05) is 6.61 Å². The van der Waals surface area contributed by atoms with Gasteiger partial charge in [0.25, 0.3) is 0 Å². The number of aliphatic carboxylic acids is 1. The van der Waals surface area contributed by atoms with Gasteiger partial charge in [0.1, 0.15) is 35.7 Å². The third-order valence-electron chi connectivity index (χ3n) is 5.83. The molecule has 5 atom stereocenters. The molecule has 0 spiro atoms. The number of carboxylic acids is 1. The van der Waals surface area contributed by atoms with Crippen LogP contribution in [-0.2, 0) is 9.53 Å². The van der Waals surface area contributed by atoms with Crippen LogP contribution in [0.5, 0.6) is 0 Å². The van der Waals surface area contributed by atoms with Gasteiger partial charge in [0.05, 0.1) is 18.3 Å². The first-order chi connectivity index (χ1) is 15.9. The molecule has 0 aliphatic carbocycles. The number of aliphatic hydroxyl groups is 3. The Bertz CT molecular complexity index is 1140. The third kappa shape index (κ3) is 5.10. The fourth-order valence-electron chi connectivity index (χ4n) is 4.07. The van der Waals surface area contributed by atoms with Crippen molar-refractivity contribution in [3.05, 3.63) is 72.5 Å². The summed E-state index contributed by atoms with van der Waals surface area (Å²) in [4.78, 5) is 11.7. The van der Waals surface area contributed by atoms with Crippen LogP contribution < -0.4 is 34.7 Å². The SMILES string of the molecule is C[C@H]1[C@H]([C@H](O)C(O)CO)OC(C(=O)[O-])=C[C@@H]1n1nnc(-c2ccccc2)c1-c1ccccc1.[Na+]. The van der Waals surface area contributed by atoms with Gasteiger partial charge in [-0.05, 0) is 6.08 Å². The fraction of sp³-hybridized carbons (Fsp3) is 0.292. The molecule has 0 radical (unpaired) electrons. The van der Waals surface area contributed by atoms with Crippen molar-refractivity contribution in [1.82, 2.24) is 15.0 Å². The molecule has 1 aliphatic rings. The maximum Gasteiger partial charge on any atom is 1.00 e. The summed E-state index contributed by atoms with van der Waals surface area (Å²) in [7, 11) is 0. The number of benzene rings is 2. The zero-order valence-corrected chi connectivity index (χ0v) is 20.9. The number of carbonyl (C=O) groups is 1. The molecular formula is C24H24N3NaO6. The molecule has 0 fully saturated rings. The minimum atomic E-state index is -1.56. The number of ether oxygens (including phenoxy) is 1. The molecule has 9 nitrogen and oxygen atoms in total. The Kier molecular flexibility index (Phi) is 8.64. The molecule has 0 bridgehead atoms. The molecule has 1 aromatic heterocycles. The summed E-state index contributed by atoms with van der Waals surface area (Å²) in [5, 5.41) is 50.2. The number of carbonyl (C=O) groups excluding carboxylic acids is 1. The van der Waals surface area contributed by atoms with Gasteiger partial charge in [0.15, 0.2) is 0 Å². The second-order valence-electron chi connectivity index (χ2n) is 7.95. The maximum atomic E-state index is 11.7. The first-order valence-corrected chi connectivity index (χ1v) is 10.5. The number of hydrogen-bond acceptors (Lipinski definition) is 8. The van der Waals surface area contributed by atoms with Crippen LogP contribution >= 0.6 is 0 Å². The topological polar surface area (TPSA) is 141 Å². The second-order valence-corrected chi connectivity index (χ2v) is 7.95. The Labute approximate surface area is 218 Å². The van der Waals surface area contributed by atoms with Crippen LogP contribution in [0.1, 0.15) is 13.0 Å². The van der Waals surface area contributed by atoms with Gasteiger partial charge in [0, 0.05) is 17.0 Å². The van der Waals surface area contributed by atoms with Crippen LogP contribution in [0.25, 0.3) is 22.5 Å². The van der Waals surface area contributed by atoms with Crippen molar-refractivity contribution in [2.45, 2.75) is 31.3 Å². The van der Waals surface area contributed by atoms with E-state index in [9.17, 15) is 25.2 Å². The molecule has 0 saturated heterocycles. The Hall–Kier alpha value is -2.53. The molecule has 2 heterocycles. The van der Waals surface area contributed by atoms with Gasteiger partial charge in [-0.15, -0.1) is 5.10 Å². The third-order valence-corrected chi connectivity index (χ3v) is 5.83. The van der Waals surface area contributed by atoms with Crippen LogP contribution in [-0.4, -0.2) is 61.2 Å². The molecule has 34 heavy (non-hydrogen) atoms. The Morgan fingerprint density at radius 1 is 1.09 bits per heavy atom. The van der Waals surface area contributed by atoms with Crippen molar-refractivity contribution in [3.63, 3.8) is 0 Å². The summed E-state index contributed by atoms with van der Waals surface area (Å²) in [6.07, 6.45) is -2.82. The zero-order chi connectivity index (χ0) is 23.5. The van der Waals surface area contributed by atoms with Crippen LogP contribution in [0.15, 0.2) is 72.5 Å². The molecule has 0 saturated carbocycles. The molecule has 10 heteroatoms. The summed E-state index contributed by atoms with van der Waals surface area (Å²) in [5.41, 5.74) is 2.91. The summed E-state index contributed by atoms with van der Waals surface area (Å²) >= 11 is 0. The predicted octanol–water partition coefficient (Wildman–Crippen LogP) is -2.46. The largest absolute Gasteiger partial charge is 1.00 e. The van der Waals surface area contributed by atoms with E-state index in [0.29, 0.717) is 11.4 Å². The predicted molar refractivity (Wildman–Crippen MR) is 116 cm³/mol. The van der Waals surface area contributed by atoms with Gasteiger partial charge in [-0.3, -0.25) is 0 Å². The molecule has 4 rings (SSSR count). The minimum Gasteiger partial charge on any atom is -0.542 e. The van der Waals surface area contributed by atoms with Gasteiger partial charge in [0.2, 0.25) is 0 Å². The quantitative estimate of drug-likeness (QED) is 0.321. The number of carboxylic acid groups (broad SMARTS) is 1. The van der Waals surface area contributed by atoms with Gasteiger partial charge in [-0.2, -0.15) is 0 Å². The summed E-state index contributed by atoms with van der Waals surface area (Å²) in [5.74, 6) is -2.59. The van der Waals surface area contributed by atoms with Gasteiger partial charge < -0.3 is 30.0 Å². The van der Waals surface area contributed by atoms with Crippen molar-refractivity contribution in [1.29, 1.82) is 0 Å². The van der Waals surface area contributed by atoms with E-state index >= 15 is 0 Å². The van der Waals surface area contributed by atoms with Crippen LogP contribution in [0, 0.1) is 5.92 Å². The van der Waals surface area contributed by atoms with E-state index in [1.54, 1.807) is 11.6 Å². The fourth-order valence-corrected chi connectivity index (χ4v) is 4.07. The average Bonchev–Trinajstić information content (AvgIpc) is 3.29. The molecule has 0 amide bonds. The van der Waals surface area contributed by atoms with E-state index in [1.807, 2.05) is 60.7 Å². The smallest absolute Gasteiger partial charge is 0.542 e. The van der Waals surface area contributed by atoms with Gasteiger partial charge >= 0.3 is 29.6 Å². The van der Waals surface area contributed by atoms with E-state index in [2.05, 4.69) is 10.3 Å². The van der Waals surface area contributed by atoms with Crippen LogP contribution in [0.4, 0.5) is 0 Å². The van der Waals surface area contributed by atoms with E-state index in [4.69, 9.17) is 4.74 Å². The standard InChI is InChI=1S/C24H25N3O6.Na/c1-14-17(12-19(24(31)32)33-23(14)22(30)18(29)13-28)27-21(16-10-6-3-7-11-16)20(25-26-27)15-8-4-2-5-9-15;/h2-12,14,17-18,22-23,28-30H,13H2,1H3,(H,31,32);/q;+1/p-1/t14-,17+,18?,22-,23-;/m1./s1. The number of hydrogen-bond donors (Lipinski definition) is 3. The first-order valence-electron chi connectivity index (χ1n) is 10.5. The second kappa shape index (κ2) is 11.3. The van der Waals surface area contributed by atoms with Crippen molar-refractivity contribution < 1.29 is 59.5 Å². The number of aromatic nitrogens is 3.